The lowest BCUT2D eigenvalue weighted by molar-refractivity contribution is 0.408. The molecule has 0 radical (unpaired) electrons. The third kappa shape index (κ3) is 3.03. The van der Waals surface area contributed by atoms with Crippen molar-refractivity contribution >= 4 is 23.2 Å². The maximum Gasteiger partial charge on any atom is 0.124 e. The molecule has 0 aliphatic carbocycles. The van der Waals surface area contributed by atoms with Gasteiger partial charge < -0.3 is 10.5 Å². The molecule has 0 heterocycles. The largest absolute Gasteiger partial charge is 0.496 e. The second-order valence-corrected chi connectivity index (χ2v) is 5.22. The first kappa shape index (κ1) is 14.2. The molecule has 1 atom stereocenters. The van der Waals surface area contributed by atoms with Gasteiger partial charge in [-0.1, -0.05) is 35.3 Å². The molecule has 0 amide bonds. The third-order valence-electron chi connectivity index (χ3n) is 3.07. The number of aryl methyl sites for hydroxylation is 1. The fourth-order valence-electron chi connectivity index (χ4n) is 1.99. The molecule has 0 spiro atoms. The minimum atomic E-state index is -0.301. The normalized spacial score (nSPS) is 12.3. The molecule has 100 valence electrons. The Morgan fingerprint density at radius 2 is 1.84 bits per heavy atom. The predicted molar refractivity (Wildman–Crippen MR) is 80.2 cm³/mol. The van der Waals surface area contributed by atoms with Crippen molar-refractivity contribution in [3.8, 4) is 5.75 Å². The Balaban J connectivity index is 2.45. The van der Waals surface area contributed by atoms with Crippen LogP contribution in [0.4, 0.5) is 0 Å². The van der Waals surface area contributed by atoms with Crippen LogP contribution in [0.1, 0.15) is 22.7 Å². The lowest BCUT2D eigenvalue weighted by Crippen LogP contribution is -2.13. The zero-order valence-corrected chi connectivity index (χ0v) is 12.3. The van der Waals surface area contributed by atoms with Crippen molar-refractivity contribution in [2.45, 2.75) is 13.0 Å². The molecular weight excluding hydrogens is 281 g/mol. The molecule has 2 aromatic carbocycles. The minimum Gasteiger partial charge on any atom is -0.496 e. The van der Waals surface area contributed by atoms with Crippen molar-refractivity contribution in [3.63, 3.8) is 0 Å². The van der Waals surface area contributed by atoms with E-state index < -0.39 is 0 Å². The smallest absolute Gasteiger partial charge is 0.124 e. The van der Waals surface area contributed by atoms with E-state index in [1.54, 1.807) is 13.2 Å². The number of hydrogen-bond donors (Lipinski definition) is 1. The molecule has 2 N–H and O–H groups in total. The highest BCUT2D eigenvalue weighted by molar-refractivity contribution is 6.31. The van der Waals surface area contributed by atoms with E-state index in [9.17, 15) is 0 Å². The quantitative estimate of drug-likeness (QED) is 0.913. The Bertz CT molecular complexity index is 599. The Kier molecular flexibility index (Phi) is 4.35. The molecule has 0 aliphatic heterocycles. The van der Waals surface area contributed by atoms with E-state index in [0.29, 0.717) is 5.02 Å². The van der Waals surface area contributed by atoms with Gasteiger partial charge in [-0.25, -0.2) is 0 Å². The van der Waals surface area contributed by atoms with Gasteiger partial charge in [0.2, 0.25) is 0 Å². The summed E-state index contributed by atoms with van der Waals surface area (Å²) in [5, 5.41) is 1.37. The van der Waals surface area contributed by atoms with Gasteiger partial charge in [-0.2, -0.15) is 0 Å². The SMILES string of the molecule is COc1ccc(Cl)cc1C(N)c1ccc(Cl)c(C)c1. The van der Waals surface area contributed by atoms with Crippen LogP contribution in [0, 0.1) is 6.92 Å². The van der Waals surface area contributed by atoms with Crippen LogP contribution in [0.5, 0.6) is 5.75 Å². The van der Waals surface area contributed by atoms with Crippen molar-refractivity contribution in [1.29, 1.82) is 0 Å². The lowest BCUT2D eigenvalue weighted by Gasteiger charge is -2.17. The summed E-state index contributed by atoms with van der Waals surface area (Å²) in [6.45, 7) is 1.95. The van der Waals surface area contributed by atoms with Gasteiger partial charge in [-0.15, -0.1) is 0 Å². The summed E-state index contributed by atoms with van der Waals surface area (Å²) in [5.41, 5.74) is 9.13. The van der Waals surface area contributed by atoms with Gasteiger partial charge in [0.15, 0.2) is 0 Å². The minimum absolute atomic E-state index is 0.301. The van der Waals surface area contributed by atoms with Gasteiger partial charge in [0.05, 0.1) is 13.2 Å². The highest BCUT2D eigenvalue weighted by Gasteiger charge is 2.15. The van der Waals surface area contributed by atoms with Crippen LogP contribution < -0.4 is 10.5 Å². The van der Waals surface area contributed by atoms with Gasteiger partial charge in [0.25, 0.3) is 0 Å². The average molecular weight is 296 g/mol. The van der Waals surface area contributed by atoms with Crippen LogP contribution in [0.2, 0.25) is 10.0 Å². The van der Waals surface area contributed by atoms with Crippen LogP contribution >= 0.6 is 23.2 Å². The lowest BCUT2D eigenvalue weighted by atomic mass is 9.97. The Morgan fingerprint density at radius 3 is 2.47 bits per heavy atom. The second-order valence-electron chi connectivity index (χ2n) is 4.37. The standard InChI is InChI=1S/C15H15Cl2NO/c1-9-7-10(3-5-13(9)17)15(18)12-8-11(16)4-6-14(12)19-2/h3-8,15H,18H2,1-2H3. The van der Waals surface area contributed by atoms with E-state index in [0.717, 1.165) is 27.5 Å². The molecule has 19 heavy (non-hydrogen) atoms. The molecular formula is C15H15Cl2NO. The van der Waals surface area contributed by atoms with Crippen LogP contribution in [0.15, 0.2) is 36.4 Å². The van der Waals surface area contributed by atoms with Gasteiger partial charge in [-0.05, 0) is 42.3 Å². The molecule has 1 unspecified atom stereocenters. The zero-order valence-electron chi connectivity index (χ0n) is 10.8. The first-order valence-electron chi connectivity index (χ1n) is 5.88. The summed E-state index contributed by atoms with van der Waals surface area (Å²) < 4.78 is 5.33. The zero-order chi connectivity index (χ0) is 14.0. The second kappa shape index (κ2) is 5.83. The third-order valence-corrected chi connectivity index (χ3v) is 3.73. The number of nitrogens with two attached hydrogens (primary N) is 1. The molecule has 2 aromatic rings. The van der Waals surface area contributed by atoms with E-state index in [2.05, 4.69) is 0 Å². The number of rotatable bonds is 3. The summed E-state index contributed by atoms with van der Waals surface area (Å²) in [4.78, 5) is 0. The Labute approximate surface area is 123 Å². The summed E-state index contributed by atoms with van der Waals surface area (Å²) in [6, 6.07) is 10.9. The van der Waals surface area contributed by atoms with Gasteiger partial charge in [-0.3, -0.25) is 0 Å². The first-order valence-corrected chi connectivity index (χ1v) is 6.63. The molecule has 0 aromatic heterocycles. The monoisotopic (exact) mass is 295 g/mol. The molecule has 2 rings (SSSR count). The molecule has 0 fully saturated rings. The van der Waals surface area contributed by atoms with Crippen molar-refractivity contribution in [2.75, 3.05) is 7.11 Å². The van der Waals surface area contributed by atoms with Crippen molar-refractivity contribution in [3.05, 3.63) is 63.1 Å². The first-order chi connectivity index (χ1) is 9.02. The van der Waals surface area contributed by atoms with E-state index in [1.807, 2.05) is 37.3 Å². The van der Waals surface area contributed by atoms with Crippen LogP contribution in [-0.2, 0) is 0 Å². The number of hydrogen-bond acceptors (Lipinski definition) is 2. The number of halogens is 2. The Morgan fingerprint density at radius 1 is 1.11 bits per heavy atom. The summed E-state index contributed by atoms with van der Waals surface area (Å²) >= 11 is 12.1. The highest BCUT2D eigenvalue weighted by Crippen LogP contribution is 2.32. The molecule has 0 saturated carbocycles. The number of ether oxygens (including phenoxy) is 1. The highest BCUT2D eigenvalue weighted by atomic mass is 35.5. The summed E-state index contributed by atoms with van der Waals surface area (Å²) in [5.74, 6) is 0.726. The molecule has 0 aliphatic rings. The van der Waals surface area contributed by atoms with Crippen LogP contribution in [-0.4, -0.2) is 7.11 Å². The fourth-order valence-corrected chi connectivity index (χ4v) is 2.29. The summed E-state index contributed by atoms with van der Waals surface area (Å²) in [6.07, 6.45) is 0. The van der Waals surface area contributed by atoms with Gasteiger partial charge >= 0.3 is 0 Å². The molecule has 2 nitrogen and oxygen atoms in total. The van der Waals surface area contributed by atoms with E-state index in [4.69, 9.17) is 33.7 Å². The topological polar surface area (TPSA) is 35.2 Å². The van der Waals surface area contributed by atoms with Crippen molar-refractivity contribution in [1.82, 2.24) is 0 Å². The maximum atomic E-state index is 6.30. The average Bonchev–Trinajstić information content (AvgIpc) is 2.41. The van der Waals surface area contributed by atoms with Gasteiger partial charge in [0.1, 0.15) is 5.75 Å². The maximum absolute atomic E-state index is 6.30. The molecule has 0 bridgehead atoms. The van der Waals surface area contributed by atoms with Gasteiger partial charge in [0, 0.05) is 15.6 Å². The fraction of sp³-hybridized carbons (Fsp3) is 0.200. The van der Waals surface area contributed by atoms with E-state index in [-0.39, 0.29) is 6.04 Å². The molecule has 4 heteroatoms. The molecule has 0 saturated heterocycles. The van der Waals surface area contributed by atoms with Crippen molar-refractivity contribution < 1.29 is 4.74 Å². The van der Waals surface area contributed by atoms with Crippen LogP contribution in [0.25, 0.3) is 0 Å². The Hall–Kier alpha value is -1.22. The van der Waals surface area contributed by atoms with Crippen LogP contribution in [0.3, 0.4) is 0 Å². The van der Waals surface area contributed by atoms with E-state index >= 15 is 0 Å². The van der Waals surface area contributed by atoms with Crippen molar-refractivity contribution in [2.24, 2.45) is 5.73 Å². The van der Waals surface area contributed by atoms with E-state index in [1.165, 1.54) is 0 Å². The number of benzene rings is 2. The number of methoxy groups -OCH3 is 1. The summed E-state index contributed by atoms with van der Waals surface area (Å²) in [7, 11) is 1.62. The predicted octanol–water partition coefficient (Wildman–Crippen LogP) is 4.36.